The number of nitrogens with zero attached hydrogens (tertiary/aromatic N) is 5. The largest absolute Gasteiger partial charge is 0.481 e. The van der Waals surface area contributed by atoms with Gasteiger partial charge in [0.15, 0.2) is 5.82 Å². The minimum Gasteiger partial charge on any atom is -0.481 e. The lowest BCUT2D eigenvalue weighted by Crippen LogP contribution is -2.30. The van der Waals surface area contributed by atoms with Gasteiger partial charge in [-0.2, -0.15) is 4.80 Å². The predicted octanol–water partition coefficient (Wildman–Crippen LogP) is 2.26. The summed E-state index contributed by atoms with van der Waals surface area (Å²) < 4.78 is 33.3. The summed E-state index contributed by atoms with van der Waals surface area (Å²) >= 11 is 5.62. The van der Waals surface area contributed by atoms with Gasteiger partial charge in [-0.1, -0.05) is 11.6 Å². The minimum absolute atomic E-state index is 0.00360. The van der Waals surface area contributed by atoms with E-state index in [-0.39, 0.29) is 41.0 Å². The second-order valence-electron chi connectivity index (χ2n) is 5.71. The van der Waals surface area contributed by atoms with E-state index in [9.17, 15) is 13.6 Å². The third-order valence-corrected chi connectivity index (χ3v) is 3.66. The van der Waals surface area contributed by atoms with Gasteiger partial charge in [0, 0.05) is 18.3 Å². The lowest BCUT2D eigenvalue weighted by atomic mass is 10.2. The molecule has 146 valence electrons. The van der Waals surface area contributed by atoms with Crippen LogP contribution < -0.4 is 10.5 Å². The fraction of sp³-hybridized carbons (Fsp3) is 0.188. The van der Waals surface area contributed by atoms with Crippen molar-refractivity contribution in [3.63, 3.8) is 0 Å². The van der Waals surface area contributed by atoms with E-state index in [0.29, 0.717) is 0 Å². The Kier molecular flexibility index (Phi) is 5.76. The molecule has 0 saturated heterocycles. The molecule has 2 aromatic heterocycles. The predicted molar refractivity (Wildman–Crippen MR) is 92.7 cm³/mol. The van der Waals surface area contributed by atoms with E-state index in [1.54, 1.807) is 0 Å². The Labute approximate surface area is 161 Å². The Morgan fingerprint density at radius 1 is 1.32 bits per heavy atom. The molecule has 0 aliphatic carbocycles. The molecule has 0 saturated carbocycles. The number of carbonyl (C=O) groups is 1. The summed E-state index contributed by atoms with van der Waals surface area (Å²) in [6.45, 7) is 0.00360. The van der Waals surface area contributed by atoms with Gasteiger partial charge in [-0.15, -0.1) is 10.2 Å². The number of aromatic nitrogens is 5. The van der Waals surface area contributed by atoms with E-state index < -0.39 is 23.6 Å². The molecule has 9 nitrogen and oxygen atoms in total. The minimum atomic E-state index is -1.05. The van der Waals surface area contributed by atoms with E-state index >= 15 is 0 Å². The topological polar surface area (TPSA) is 129 Å². The van der Waals surface area contributed by atoms with Gasteiger partial charge in [0.1, 0.15) is 11.6 Å². The van der Waals surface area contributed by atoms with Crippen molar-refractivity contribution in [3.8, 4) is 23.0 Å². The van der Waals surface area contributed by atoms with Crippen molar-refractivity contribution in [1.82, 2.24) is 25.2 Å². The van der Waals surface area contributed by atoms with Crippen LogP contribution in [0.3, 0.4) is 0 Å². The van der Waals surface area contributed by atoms with Gasteiger partial charge in [-0.05, 0) is 23.4 Å². The molecule has 3 aromatic rings. The molecule has 0 spiro atoms. The fourth-order valence-electron chi connectivity index (χ4n) is 2.26. The smallest absolute Gasteiger partial charge is 0.304 e. The van der Waals surface area contributed by atoms with Crippen LogP contribution in [0.4, 0.5) is 8.78 Å². The molecule has 1 atom stereocenters. The van der Waals surface area contributed by atoms with E-state index in [0.717, 1.165) is 16.9 Å². The Morgan fingerprint density at radius 2 is 2.11 bits per heavy atom. The van der Waals surface area contributed by atoms with Crippen molar-refractivity contribution in [2.24, 2.45) is 5.73 Å². The molecule has 0 bridgehead atoms. The maximum Gasteiger partial charge on any atom is 0.304 e. The van der Waals surface area contributed by atoms with Crippen LogP contribution in [0.1, 0.15) is 6.42 Å². The van der Waals surface area contributed by atoms with Crippen molar-refractivity contribution < 1.29 is 23.4 Å². The molecule has 3 rings (SSSR count). The number of halogens is 3. The Balaban J connectivity index is 1.75. The van der Waals surface area contributed by atoms with Gasteiger partial charge in [-0.3, -0.25) is 4.79 Å². The summed E-state index contributed by atoms with van der Waals surface area (Å²) in [5.41, 5.74) is 5.68. The summed E-state index contributed by atoms with van der Waals surface area (Å²) in [6.07, 6.45) is 0.925. The average Bonchev–Trinajstić information content (AvgIpc) is 3.04. The number of hydrogen-bond donors (Lipinski definition) is 2. The highest BCUT2D eigenvalue weighted by Gasteiger charge is 2.16. The van der Waals surface area contributed by atoms with Crippen LogP contribution in [0.25, 0.3) is 11.4 Å². The number of ether oxygens (including phenoxy) is 1. The van der Waals surface area contributed by atoms with E-state index in [2.05, 4.69) is 20.4 Å². The molecule has 0 fully saturated rings. The molecule has 0 aliphatic rings. The molecule has 2 heterocycles. The summed E-state index contributed by atoms with van der Waals surface area (Å²) in [7, 11) is 0. The van der Waals surface area contributed by atoms with E-state index in [4.69, 9.17) is 27.2 Å². The van der Waals surface area contributed by atoms with Crippen molar-refractivity contribution >= 4 is 17.6 Å². The van der Waals surface area contributed by atoms with Crippen molar-refractivity contribution in [1.29, 1.82) is 0 Å². The van der Waals surface area contributed by atoms with Crippen LogP contribution in [0.2, 0.25) is 5.02 Å². The first-order valence-corrected chi connectivity index (χ1v) is 8.23. The highest BCUT2D eigenvalue weighted by molar-refractivity contribution is 6.30. The first kappa shape index (κ1) is 19.6. The normalized spacial score (nSPS) is 12.0. The van der Waals surface area contributed by atoms with Gasteiger partial charge < -0.3 is 15.6 Å². The lowest BCUT2D eigenvalue weighted by molar-refractivity contribution is -0.137. The summed E-state index contributed by atoms with van der Waals surface area (Å²) in [5.74, 6) is -2.96. The molecule has 0 amide bonds. The van der Waals surface area contributed by atoms with Crippen molar-refractivity contribution in [2.45, 2.75) is 19.0 Å². The molecule has 0 aliphatic heterocycles. The van der Waals surface area contributed by atoms with Crippen molar-refractivity contribution in [2.75, 3.05) is 0 Å². The van der Waals surface area contributed by atoms with E-state index in [1.165, 1.54) is 18.3 Å². The van der Waals surface area contributed by atoms with Gasteiger partial charge in [0.05, 0.1) is 23.6 Å². The summed E-state index contributed by atoms with van der Waals surface area (Å²) in [4.78, 5) is 15.4. The average molecular weight is 411 g/mol. The molecular weight excluding hydrogens is 398 g/mol. The lowest BCUT2D eigenvalue weighted by Gasteiger charge is -2.07. The second kappa shape index (κ2) is 8.23. The second-order valence-corrected chi connectivity index (χ2v) is 6.15. The van der Waals surface area contributed by atoms with Gasteiger partial charge >= 0.3 is 5.97 Å². The van der Waals surface area contributed by atoms with Crippen LogP contribution in [0.5, 0.6) is 11.6 Å². The molecule has 3 N–H and O–H groups in total. The number of nitrogens with two attached hydrogens (primary N) is 1. The quantitative estimate of drug-likeness (QED) is 0.606. The highest BCUT2D eigenvalue weighted by Crippen LogP contribution is 2.28. The van der Waals surface area contributed by atoms with E-state index in [1.807, 2.05) is 0 Å². The summed E-state index contributed by atoms with van der Waals surface area (Å²) in [5, 5.41) is 20.2. The van der Waals surface area contributed by atoms with Crippen LogP contribution in [-0.4, -0.2) is 42.3 Å². The van der Waals surface area contributed by atoms with Gasteiger partial charge in [-0.25, -0.2) is 13.8 Å². The monoisotopic (exact) mass is 410 g/mol. The molecule has 1 aromatic carbocycles. The van der Waals surface area contributed by atoms with Crippen LogP contribution in [-0.2, 0) is 11.3 Å². The number of pyridine rings is 1. The molecule has 12 heteroatoms. The first-order valence-electron chi connectivity index (χ1n) is 7.86. The number of carboxylic acids is 1. The number of benzene rings is 1. The van der Waals surface area contributed by atoms with Crippen molar-refractivity contribution in [3.05, 3.63) is 47.1 Å². The Bertz CT molecular complexity index is 1020. The number of rotatable bonds is 7. The first-order chi connectivity index (χ1) is 13.3. The molecule has 0 radical (unpaired) electrons. The summed E-state index contributed by atoms with van der Waals surface area (Å²) in [6, 6.07) is 4.03. The number of hydrogen-bond acceptors (Lipinski definition) is 7. The zero-order valence-corrected chi connectivity index (χ0v) is 14.8. The Morgan fingerprint density at radius 3 is 2.79 bits per heavy atom. The maximum atomic E-state index is 14.4. The number of carboxylic acid groups (broad SMARTS) is 1. The zero-order valence-electron chi connectivity index (χ0n) is 14.1. The van der Waals surface area contributed by atoms with Gasteiger partial charge in [0.25, 0.3) is 5.88 Å². The third-order valence-electron chi connectivity index (χ3n) is 3.46. The molecule has 28 heavy (non-hydrogen) atoms. The number of aliphatic carboxylic acids is 1. The van der Waals surface area contributed by atoms with Crippen LogP contribution >= 0.6 is 11.6 Å². The number of tetrazole rings is 1. The Hall–Kier alpha value is -3.18. The van der Waals surface area contributed by atoms with Crippen LogP contribution in [0.15, 0.2) is 30.5 Å². The maximum absolute atomic E-state index is 14.4. The standard InChI is InChI=1S/C16H13ClF2N6O3/c17-8-3-13(19)16(21-6-8)28-10-1-2-11(12(18)5-10)15-22-24-25(23-15)7-9(20)4-14(26)27/h1-3,5-6,9H,4,7,20H2,(H,26,27)/t9-/m0/s1. The fourth-order valence-corrected chi connectivity index (χ4v) is 2.40. The molecular formula is C16H13ClF2N6O3. The highest BCUT2D eigenvalue weighted by atomic mass is 35.5. The van der Waals surface area contributed by atoms with Gasteiger partial charge in [0.2, 0.25) is 5.82 Å². The molecule has 0 unspecified atom stereocenters. The zero-order chi connectivity index (χ0) is 20.3. The third kappa shape index (κ3) is 4.75. The van der Waals surface area contributed by atoms with Crippen LogP contribution in [0, 0.1) is 11.6 Å². The SMILES string of the molecule is N[C@@H](CC(=O)O)Cn1nnc(-c2ccc(Oc3ncc(Cl)cc3F)cc2F)n1.